The Hall–Kier alpha value is -1.41. The highest BCUT2D eigenvalue weighted by Gasteiger charge is 2.20. The third-order valence-corrected chi connectivity index (χ3v) is 4.24. The maximum Gasteiger partial charge on any atom is 0.230 e. The Kier molecular flexibility index (Phi) is 4.77. The van der Waals surface area contributed by atoms with E-state index in [9.17, 15) is 4.79 Å². The van der Waals surface area contributed by atoms with Gasteiger partial charge in [-0.3, -0.25) is 4.79 Å². The fraction of sp³-hybridized carbons (Fsp3) is 0.500. The van der Waals surface area contributed by atoms with E-state index < -0.39 is 0 Å². The van der Waals surface area contributed by atoms with Crippen LogP contribution in [0.25, 0.3) is 0 Å². The zero-order valence-corrected chi connectivity index (χ0v) is 13.3. The Bertz CT molecular complexity index is 559. The molecule has 0 aliphatic rings. The molecule has 0 aliphatic carbocycles. The zero-order chi connectivity index (χ0) is 14.6. The Labute approximate surface area is 126 Å². The molecule has 1 amide bonds. The summed E-state index contributed by atoms with van der Waals surface area (Å²) in [6.07, 6.45) is 0. The number of nitrogens with one attached hydrogen (secondary N) is 1. The molecule has 0 saturated heterocycles. The number of aromatic nitrogens is 4. The first-order valence-corrected chi connectivity index (χ1v) is 8.04. The van der Waals surface area contributed by atoms with Gasteiger partial charge in [0.15, 0.2) is 0 Å². The fourth-order valence-corrected chi connectivity index (χ4v) is 3.00. The average molecular weight is 311 g/mol. The van der Waals surface area contributed by atoms with Crippen molar-refractivity contribution in [2.75, 3.05) is 5.75 Å². The van der Waals surface area contributed by atoms with Crippen LogP contribution in [-0.4, -0.2) is 31.9 Å². The van der Waals surface area contributed by atoms with E-state index >= 15 is 0 Å². The minimum absolute atomic E-state index is 0.0214. The number of amides is 1. The van der Waals surface area contributed by atoms with Crippen molar-refractivity contribution in [3.63, 3.8) is 0 Å². The van der Waals surface area contributed by atoms with Crippen LogP contribution in [0.3, 0.4) is 0 Å². The maximum absolute atomic E-state index is 11.8. The van der Waals surface area contributed by atoms with Crippen LogP contribution in [0.1, 0.15) is 25.6 Å². The predicted octanol–water partition coefficient (Wildman–Crippen LogP) is 1.90. The summed E-state index contributed by atoms with van der Waals surface area (Å²) in [5, 5.41) is 17.1. The van der Waals surface area contributed by atoms with Gasteiger partial charge in [-0.2, -0.15) is 0 Å². The molecule has 0 saturated carbocycles. The van der Waals surface area contributed by atoms with Crippen LogP contribution in [0.2, 0.25) is 0 Å². The number of rotatable bonds is 5. The van der Waals surface area contributed by atoms with Crippen LogP contribution in [0.4, 0.5) is 0 Å². The van der Waals surface area contributed by atoms with E-state index in [0.29, 0.717) is 17.5 Å². The number of thiophene rings is 1. The third kappa shape index (κ3) is 4.04. The minimum Gasteiger partial charge on any atom is -0.350 e. The van der Waals surface area contributed by atoms with Crippen molar-refractivity contribution < 1.29 is 4.79 Å². The third-order valence-electron chi connectivity index (χ3n) is 2.45. The molecule has 0 spiro atoms. The van der Waals surface area contributed by atoms with Gasteiger partial charge in [0.05, 0.1) is 17.8 Å². The van der Waals surface area contributed by atoms with Gasteiger partial charge in [0.1, 0.15) is 0 Å². The molecular weight excluding hydrogens is 294 g/mol. The van der Waals surface area contributed by atoms with Crippen LogP contribution in [0.5, 0.6) is 0 Å². The highest BCUT2D eigenvalue weighted by molar-refractivity contribution is 7.99. The summed E-state index contributed by atoms with van der Waals surface area (Å²) in [5.74, 6) is 0.286. The molecule has 0 fully saturated rings. The van der Waals surface area contributed by atoms with E-state index in [1.165, 1.54) is 11.8 Å². The Morgan fingerprint density at radius 1 is 1.50 bits per heavy atom. The average Bonchev–Trinajstić information content (AvgIpc) is 3.03. The largest absolute Gasteiger partial charge is 0.350 e. The smallest absolute Gasteiger partial charge is 0.230 e. The van der Waals surface area contributed by atoms with Crippen molar-refractivity contribution in [1.82, 2.24) is 25.5 Å². The lowest BCUT2D eigenvalue weighted by atomic mass is 10.1. The van der Waals surface area contributed by atoms with Crippen LogP contribution in [0.15, 0.2) is 22.7 Å². The molecule has 108 valence electrons. The van der Waals surface area contributed by atoms with E-state index in [1.807, 2.05) is 38.3 Å². The van der Waals surface area contributed by atoms with Gasteiger partial charge >= 0.3 is 0 Å². The van der Waals surface area contributed by atoms with Crippen molar-refractivity contribution in [2.24, 2.45) is 0 Å². The monoisotopic (exact) mass is 311 g/mol. The minimum atomic E-state index is -0.195. The van der Waals surface area contributed by atoms with Crippen molar-refractivity contribution in [1.29, 1.82) is 0 Å². The van der Waals surface area contributed by atoms with E-state index in [0.717, 1.165) is 4.88 Å². The second kappa shape index (κ2) is 6.36. The molecule has 0 aliphatic heterocycles. The van der Waals surface area contributed by atoms with Gasteiger partial charge in [0.2, 0.25) is 11.1 Å². The molecule has 2 heterocycles. The van der Waals surface area contributed by atoms with Crippen LogP contribution >= 0.6 is 23.1 Å². The van der Waals surface area contributed by atoms with Gasteiger partial charge in [-0.25, -0.2) is 4.68 Å². The zero-order valence-electron chi connectivity index (χ0n) is 11.7. The first kappa shape index (κ1) is 15.0. The molecule has 0 radical (unpaired) electrons. The van der Waals surface area contributed by atoms with Crippen molar-refractivity contribution in [3.8, 4) is 0 Å². The van der Waals surface area contributed by atoms with Gasteiger partial charge in [-0.15, -0.1) is 16.4 Å². The number of hydrogen-bond acceptors (Lipinski definition) is 6. The molecule has 0 aromatic carbocycles. The van der Waals surface area contributed by atoms with Gasteiger partial charge in [-0.05, 0) is 42.6 Å². The fourth-order valence-electron chi connectivity index (χ4n) is 1.47. The first-order valence-electron chi connectivity index (χ1n) is 6.17. The molecule has 0 unspecified atom stereocenters. The summed E-state index contributed by atoms with van der Waals surface area (Å²) in [7, 11) is 0. The second-order valence-electron chi connectivity index (χ2n) is 5.19. The SMILES string of the molecule is CC(C)(C)n1nnnc1SCC(=O)NCc1cccs1. The number of nitrogens with zero attached hydrogens (tertiary/aromatic N) is 4. The van der Waals surface area contributed by atoms with Gasteiger partial charge < -0.3 is 5.32 Å². The topological polar surface area (TPSA) is 72.7 Å². The molecule has 8 heteroatoms. The summed E-state index contributed by atoms with van der Waals surface area (Å²) >= 11 is 2.97. The van der Waals surface area contributed by atoms with Crippen molar-refractivity contribution in [2.45, 2.75) is 38.0 Å². The van der Waals surface area contributed by atoms with E-state index in [4.69, 9.17) is 0 Å². The number of hydrogen-bond donors (Lipinski definition) is 1. The Balaban J connectivity index is 1.83. The summed E-state index contributed by atoms with van der Waals surface area (Å²) in [6.45, 7) is 6.63. The van der Waals surface area contributed by atoms with Gasteiger partial charge in [0, 0.05) is 4.88 Å². The van der Waals surface area contributed by atoms with Crippen LogP contribution < -0.4 is 5.32 Å². The lowest BCUT2D eigenvalue weighted by molar-refractivity contribution is -0.118. The number of thioether (sulfide) groups is 1. The molecule has 2 aromatic rings. The molecule has 0 atom stereocenters. The lowest BCUT2D eigenvalue weighted by Gasteiger charge is -2.19. The van der Waals surface area contributed by atoms with E-state index in [2.05, 4.69) is 20.8 Å². The number of carbonyl (C=O) groups excluding carboxylic acids is 1. The Morgan fingerprint density at radius 2 is 2.30 bits per heavy atom. The predicted molar refractivity (Wildman–Crippen MR) is 79.7 cm³/mol. The molecular formula is C12H17N5OS2. The van der Waals surface area contributed by atoms with Crippen molar-refractivity contribution >= 4 is 29.0 Å². The van der Waals surface area contributed by atoms with Crippen molar-refractivity contribution in [3.05, 3.63) is 22.4 Å². The first-order chi connectivity index (χ1) is 9.47. The van der Waals surface area contributed by atoms with Gasteiger partial charge in [-0.1, -0.05) is 17.8 Å². The van der Waals surface area contributed by atoms with Crippen LogP contribution in [-0.2, 0) is 16.9 Å². The summed E-state index contributed by atoms with van der Waals surface area (Å²) in [6, 6.07) is 3.97. The van der Waals surface area contributed by atoms with E-state index in [-0.39, 0.29) is 11.4 Å². The summed E-state index contributed by atoms with van der Waals surface area (Å²) in [5.41, 5.74) is -0.195. The molecule has 1 N–H and O–H groups in total. The normalized spacial score (nSPS) is 11.6. The second-order valence-corrected chi connectivity index (χ2v) is 7.16. The van der Waals surface area contributed by atoms with Crippen LogP contribution in [0, 0.1) is 0 Å². The molecule has 2 aromatic heterocycles. The lowest BCUT2D eigenvalue weighted by Crippen LogP contribution is -2.26. The number of carbonyl (C=O) groups is 1. The molecule has 6 nitrogen and oxygen atoms in total. The highest BCUT2D eigenvalue weighted by atomic mass is 32.2. The molecule has 20 heavy (non-hydrogen) atoms. The number of tetrazole rings is 1. The standard InChI is InChI=1S/C12H17N5OS2/c1-12(2,3)17-11(14-15-16-17)20-8-10(18)13-7-9-5-4-6-19-9/h4-6H,7-8H2,1-3H3,(H,13,18). The Morgan fingerprint density at radius 3 is 2.95 bits per heavy atom. The highest BCUT2D eigenvalue weighted by Crippen LogP contribution is 2.21. The maximum atomic E-state index is 11.8. The van der Waals surface area contributed by atoms with E-state index in [1.54, 1.807) is 16.0 Å². The molecule has 2 rings (SSSR count). The summed E-state index contributed by atoms with van der Waals surface area (Å²) < 4.78 is 1.73. The molecule has 0 bridgehead atoms. The summed E-state index contributed by atoms with van der Waals surface area (Å²) in [4.78, 5) is 12.9. The quantitative estimate of drug-likeness (QED) is 0.854. The van der Waals surface area contributed by atoms with Gasteiger partial charge in [0.25, 0.3) is 0 Å².